The van der Waals surface area contributed by atoms with E-state index in [9.17, 15) is 14.0 Å². The van der Waals surface area contributed by atoms with Gasteiger partial charge in [-0.2, -0.15) is 0 Å². The van der Waals surface area contributed by atoms with Gasteiger partial charge in [-0.1, -0.05) is 12.1 Å². The Balaban J connectivity index is 2.07. The molecule has 2 rings (SSSR count). The molecule has 108 valence electrons. The first-order chi connectivity index (χ1) is 10.0. The molecule has 0 aliphatic rings. The van der Waals surface area contributed by atoms with Crippen LogP contribution in [-0.2, 0) is 4.79 Å². The molecule has 0 saturated carbocycles. The highest BCUT2D eigenvalue weighted by Crippen LogP contribution is 2.18. The largest absolute Gasteiger partial charge is 0.482 e. The quantitative estimate of drug-likeness (QED) is 0.887. The van der Waals surface area contributed by atoms with Gasteiger partial charge in [0.05, 0.1) is 0 Å². The van der Waals surface area contributed by atoms with Gasteiger partial charge in [-0.3, -0.25) is 4.79 Å². The molecule has 2 aromatic rings. The van der Waals surface area contributed by atoms with E-state index in [0.29, 0.717) is 11.4 Å². The number of carbonyl (C=O) groups excluding carboxylic acids is 1. The van der Waals surface area contributed by atoms with Gasteiger partial charge < -0.3 is 15.2 Å². The first-order valence-electron chi connectivity index (χ1n) is 6.06. The average molecular weight is 289 g/mol. The third kappa shape index (κ3) is 4.31. The topological polar surface area (TPSA) is 75.6 Å². The number of aliphatic carboxylic acids is 1. The van der Waals surface area contributed by atoms with Gasteiger partial charge in [0.15, 0.2) is 6.61 Å². The van der Waals surface area contributed by atoms with Gasteiger partial charge >= 0.3 is 5.97 Å². The molecule has 0 spiro atoms. The number of halogens is 1. The molecule has 0 radical (unpaired) electrons. The van der Waals surface area contributed by atoms with Crippen LogP contribution in [0, 0.1) is 5.82 Å². The number of anilines is 1. The van der Waals surface area contributed by atoms with Crippen LogP contribution in [0.25, 0.3) is 0 Å². The van der Waals surface area contributed by atoms with Gasteiger partial charge in [-0.25, -0.2) is 9.18 Å². The number of carboxylic acid groups (broad SMARTS) is 1. The van der Waals surface area contributed by atoms with E-state index in [0.717, 1.165) is 6.07 Å². The van der Waals surface area contributed by atoms with Gasteiger partial charge in [-0.05, 0) is 30.3 Å². The number of rotatable bonds is 5. The Hall–Kier alpha value is -2.89. The van der Waals surface area contributed by atoms with E-state index in [2.05, 4.69) is 5.32 Å². The first-order valence-corrected chi connectivity index (χ1v) is 6.06. The summed E-state index contributed by atoms with van der Waals surface area (Å²) in [5.41, 5.74) is 0.610. The van der Waals surface area contributed by atoms with E-state index in [1.54, 1.807) is 18.2 Å². The second kappa shape index (κ2) is 6.51. The maximum atomic E-state index is 13.1. The van der Waals surface area contributed by atoms with Crippen LogP contribution >= 0.6 is 0 Å². The van der Waals surface area contributed by atoms with Crippen LogP contribution in [0.5, 0.6) is 5.75 Å². The van der Waals surface area contributed by atoms with Gasteiger partial charge in [0, 0.05) is 17.3 Å². The van der Waals surface area contributed by atoms with Crippen molar-refractivity contribution in [3.8, 4) is 5.75 Å². The van der Waals surface area contributed by atoms with Gasteiger partial charge in [0.25, 0.3) is 5.91 Å². The van der Waals surface area contributed by atoms with E-state index in [-0.39, 0.29) is 5.56 Å². The van der Waals surface area contributed by atoms with Crippen molar-refractivity contribution in [1.29, 1.82) is 0 Å². The number of hydrogen-bond acceptors (Lipinski definition) is 3. The molecule has 5 nitrogen and oxygen atoms in total. The van der Waals surface area contributed by atoms with E-state index < -0.39 is 24.3 Å². The highest BCUT2D eigenvalue weighted by Gasteiger charge is 2.08. The summed E-state index contributed by atoms with van der Waals surface area (Å²) in [6, 6.07) is 11.6. The second-order valence-corrected chi connectivity index (χ2v) is 4.17. The molecule has 0 bridgehead atoms. The summed E-state index contributed by atoms with van der Waals surface area (Å²) in [5, 5.41) is 11.1. The Labute approximate surface area is 120 Å². The summed E-state index contributed by atoms with van der Waals surface area (Å²) >= 11 is 0. The summed E-state index contributed by atoms with van der Waals surface area (Å²) in [6.07, 6.45) is 0. The van der Waals surface area contributed by atoms with Crippen LogP contribution in [0.2, 0.25) is 0 Å². The summed E-state index contributed by atoms with van der Waals surface area (Å²) in [4.78, 5) is 22.4. The molecule has 6 heteroatoms. The molecular formula is C15H12FNO4. The zero-order valence-electron chi connectivity index (χ0n) is 10.9. The molecule has 0 aliphatic heterocycles. The minimum atomic E-state index is -1.09. The van der Waals surface area contributed by atoms with Crippen molar-refractivity contribution in [2.24, 2.45) is 0 Å². The molecule has 0 aromatic heterocycles. The number of nitrogens with one attached hydrogen (secondary N) is 1. The lowest BCUT2D eigenvalue weighted by molar-refractivity contribution is -0.139. The van der Waals surface area contributed by atoms with Crippen molar-refractivity contribution in [3.05, 3.63) is 59.9 Å². The number of amides is 1. The summed E-state index contributed by atoms with van der Waals surface area (Å²) in [7, 11) is 0. The molecule has 0 fully saturated rings. The Morgan fingerprint density at radius 3 is 2.62 bits per heavy atom. The van der Waals surface area contributed by atoms with Crippen molar-refractivity contribution in [1.82, 2.24) is 0 Å². The molecule has 1 amide bonds. The maximum Gasteiger partial charge on any atom is 0.341 e. The van der Waals surface area contributed by atoms with Crippen molar-refractivity contribution < 1.29 is 23.8 Å². The third-order valence-electron chi connectivity index (χ3n) is 2.54. The smallest absolute Gasteiger partial charge is 0.341 e. The fourth-order valence-corrected chi connectivity index (χ4v) is 1.64. The molecule has 0 aliphatic carbocycles. The number of ether oxygens (including phenoxy) is 1. The Kier molecular flexibility index (Phi) is 4.50. The molecule has 0 heterocycles. The molecule has 0 unspecified atom stereocenters. The minimum absolute atomic E-state index is 0.187. The van der Waals surface area contributed by atoms with Crippen molar-refractivity contribution in [2.75, 3.05) is 11.9 Å². The lowest BCUT2D eigenvalue weighted by Crippen LogP contribution is -2.12. The van der Waals surface area contributed by atoms with Gasteiger partial charge in [0.1, 0.15) is 11.6 Å². The number of carbonyl (C=O) groups is 2. The molecule has 21 heavy (non-hydrogen) atoms. The summed E-state index contributed by atoms with van der Waals surface area (Å²) in [6.45, 7) is -0.471. The van der Waals surface area contributed by atoms with Crippen LogP contribution in [0.15, 0.2) is 48.5 Å². The summed E-state index contributed by atoms with van der Waals surface area (Å²) < 4.78 is 18.1. The third-order valence-corrected chi connectivity index (χ3v) is 2.54. The van der Waals surface area contributed by atoms with Crippen molar-refractivity contribution in [2.45, 2.75) is 0 Å². The second-order valence-electron chi connectivity index (χ2n) is 4.17. The van der Waals surface area contributed by atoms with Crippen LogP contribution in [0.3, 0.4) is 0 Å². The lowest BCUT2D eigenvalue weighted by atomic mass is 10.2. The fourth-order valence-electron chi connectivity index (χ4n) is 1.64. The zero-order chi connectivity index (χ0) is 15.2. The Morgan fingerprint density at radius 2 is 1.90 bits per heavy atom. The Morgan fingerprint density at radius 1 is 1.14 bits per heavy atom. The Bertz CT molecular complexity index is 672. The minimum Gasteiger partial charge on any atom is -0.482 e. The van der Waals surface area contributed by atoms with E-state index in [1.165, 1.54) is 24.3 Å². The monoisotopic (exact) mass is 289 g/mol. The maximum absolute atomic E-state index is 13.1. The molecule has 0 saturated heterocycles. The normalized spacial score (nSPS) is 9.95. The predicted molar refractivity (Wildman–Crippen MR) is 73.9 cm³/mol. The highest BCUT2D eigenvalue weighted by molar-refractivity contribution is 6.04. The molecular weight excluding hydrogens is 277 g/mol. The van der Waals surface area contributed by atoms with Crippen LogP contribution in [0.4, 0.5) is 10.1 Å². The van der Waals surface area contributed by atoms with Crippen LogP contribution in [-0.4, -0.2) is 23.6 Å². The molecule has 0 atom stereocenters. The van der Waals surface area contributed by atoms with Gasteiger partial charge in [-0.15, -0.1) is 0 Å². The van der Waals surface area contributed by atoms with Crippen molar-refractivity contribution in [3.63, 3.8) is 0 Å². The van der Waals surface area contributed by atoms with Crippen LogP contribution in [0.1, 0.15) is 10.4 Å². The molecule has 2 N–H and O–H groups in total. The lowest BCUT2D eigenvalue weighted by Gasteiger charge is -2.08. The highest BCUT2D eigenvalue weighted by atomic mass is 19.1. The van der Waals surface area contributed by atoms with Crippen LogP contribution < -0.4 is 10.1 Å². The van der Waals surface area contributed by atoms with Crippen molar-refractivity contribution >= 4 is 17.6 Å². The van der Waals surface area contributed by atoms with E-state index in [1.807, 2.05) is 0 Å². The first kappa shape index (κ1) is 14.5. The number of benzene rings is 2. The average Bonchev–Trinajstić information content (AvgIpc) is 2.45. The number of hydrogen-bond donors (Lipinski definition) is 2. The molecule has 2 aromatic carbocycles. The number of carboxylic acids is 1. The predicted octanol–water partition coefficient (Wildman–Crippen LogP) is 2.54. The van der Waals surface area contributed by atoms with E-state index in [4.69, 9.17) is 9.84 Å². The fraction of sp³-hybridized carbons (Fsp3) is 0.0667. The zero-order valence-corrected chi connectivity index (χ0v) is 10.9. The van der Waals surface area contributed by atoms with E-state index >= 15 is 0 Å². The summed E-state index contributed by atoms with van der Waals surface area (Å²) in [5.74, 6) is -1.75. The SMILES string of the molecule is O=C(O)COc1cccc(NC(=O)c2cccc(F)c2)c1. The standard InChI is InChI=1S/C15H12FNO4/c16-11-4-1-3-10(7-11)15(20)17-12-5-2-6-13(8-12)21-9-14(18)19/h1-8H,9H2,(H,17,20)(H,18,19). The van der Waals surface area contributed by atoms with Gasteiger partial charge in [0.2, 0.25) is 0 Å².